The lowest BCUT2D eigenvalue weighted by Gasteiger charge is -2.44. The summed E-state index contributed by atoms with van der Waals surface area (Å²) in [5.74, 6) is -0.521. The van der Waals surface area contributed by atoms with Crippen LogP contribution >= 0.6 is 12.4 Å². The molecule has 1 N–H and O–H groups in total. The zero-order valence-electron chi connectivity index (χ0n) is 15.0. The predicted octanol–water partition coefficient (Wildman–Crippen LogP) is 3.78. The third kappa shape index (κ3) is 4.80. The van der Waals surface area contributed by atoms with E-state index >= 15 is 0 Å². The molecular formula is C20H25ClF2N2O. The van der Waals surface area contributed by atoms with Crippen molar-refractivity contribution in [3.63, 3.8) is 0 Å². The number of methoxy groups -OCH3 is 1. The first-order valence-corrected chi connectivity index (χ1v) is 8.57. The van der Waals surface area contributed by atoms with Crippen LogP contribution in [-0.2, 0) is 4.74 Å². The number of nitrogens with one attached hydrogen (secondary N) is 1. The topological polar surface area (TPSA) is 24.5 Å². The number of piperazine rings is 1. The van der Waals surface area contributed by atoms with Crippen LogP contribution in [0.5, 0.6) is 0 Å². The third-order valence-corrected chi connectivity index (χ3v) is 4.72. The van der Waals surface area contributed by atoms with Gasteiger partial charge in [-0.1, -0.05) is 24.3 Å². The van der Waals surface area contributed by atoms with Crippen LogP contribution in [0.2, 0.25) is 0 Å². The first-order chi connectivity index (χ1) is 12.1. The monoisotopic (exact) mass is 382 g/mol. The Balaban J connectivity index is 0.00000243. The number of ether oxygens (including phenoxy) is 1. The second-order valence-corrected chi connectivity index (χ2v) is 6.62. The van der Waals surface area contributed by atoms with Crippen LogP contribution in [0.1, 0.15) is 24.1 Å². The van der Waals surface area contributed by atoms with Crippen molar-refractivity contribution in [2.75, 3.05) is 26.8 Å². The van der Waals surface area contributed by atoms with Gasteiger partial charge in [-0.05, 0) is 42.3 Å². The lowest BCUT2D eigenvalue weighted by molar-refractivity contribution is 0.0417. The Morgan fingerprint density at radius 1 is 1.04 bits per heavy atom. The molecule has 2 aromatic rings. The minimum absolute atomic E-state index is 0. The SMILES string of the molecule is COC[C@H]1CNC(C)CN1C(c1ccc(F)cc1)c1ccc(F)cc1.Cl. The summed E-state index contributed by atoms with van der Waals surface area (Å²) in [5.41, 5.74) is 1.98. The molecule has 3 rings (SSSR count). The highest BCUT2D eigenvalue weighted by molar-refractivity contribution is 5.85. The number of benzene rings is 2. The molecule has 1 saturated heterocycles. The van der Waals surface area contributed by atoms with E-state index in [0.29, 0.717) is 12.6 Å². The van der Waals surface area contributed by atoms with Crippen LogP contribution in [0.15, 0.2) is 48.5 Å². The first-order valence-electron chi connectivity index (χ1n) is 8.57. The van der Waals surface area contributed by atoms with Gasteiger partial charge in [0.05, 0.1) is 12.6 Å². The number of halogens is 3. The standard InChI is InChI=1S/C20H24F2N2O.ClH/c1-14-12-24(19(11-23-14)13-25-2)20(15-3-7-17(21)8-4-15)16-5-9-18(22)10-6-16;/h3-10,14,19-20,23H,11-13H2,1-2H3;1H/t14?,19-;/m1./s1. The van der Waals surface area contributed by atoms with Crippen LogP contribution in [0, 0.1) is 11.6 Å². The van der Waals surface area contributed by atoms with E-state index in [4.69, 9.17) is 4.74 Å². The zero-order valence-corrected chi connectivity index (χ0v) is 15.8. The summed E-state index contributed by atoms with van der Waals surface area (Å²) in [7, 11) is 1.70. The van der Waals surface area contributed by atoms with Gasteiger partial charge in [0.1, 0.15) is 11.6 Å². The van der Waals surface area contributed by atoms with E-state index in [1.54, 1.807) is 31.4 Å². The Morgan fingerprint density at radius 3 is 2.00 bits per heavy atom. The van der Waals surface area contributed by atoms with Crippen molar-refractivity contribution < 1.29 is 13.5 Å². The van der Waals surface area contributed by atoms with Crippen LogP contribution < -0.4 is 5.32 Å². The molecule has 1 fully saturated rings. The largest absolute Gasteiger partial charge is 0.383 e. The van der Waals surface area contributed by atoms with Crippen LogP contribution in [-0.4, -0.2) is 43.8 Å². The highest BCUT2D eigenvalue weighted by Gasteiger charge is 2.33. The van der Waals surface area contributed by atoms with Gasteiger partial charge in [0, 0.05) is 32.3 Å². The number of hydrogen-bond donors (Lipinski definition) is 1. The van der Waals surface area contributed by atoms with Crippen molar-refractivity contribution in [1.29, 1.82) is 0 Å². The summed E-state index contributed by atoms with van der Waals surface area (Å²) < 4.78 is 32.2. The Bertz CT molecular complexity index is 636. The molecule has 1 heterocycles. The quantitative estimate of drug-likeness (QED) is 0.851. The molecule has 0 amide bonds. The molecule has 2 atom stereocenters. The smallest absolute Gasteiger partial charge is 0.123 e. The van der Waals surface area contributed by atoms with Gasteiger partial charge in [-0.25, -0.2) is 8.78 Å². The van der Waals surface area contributed by atoms with Crippen molar-refractivity contribution in [3.05, 3.63) is 71.3 Å². The van der Waals surface area contributed by atoms with Crippen LogP contribution in [0.25, 0.3) is 0 Å². The molecule has 0 spiro atoms. The molecule has 6 heteroatoms. The fourth-order valence-corrected chi connectivity index (χ4v) is 3.51. The number of hydrogen-bond acceptors (Lipinski definition) is 3. The van der Waals surface area contributed by atoms with Gasteiger partial charge in [-0.3, -0.25) is 4.90 Å². The Kier molecular flexibility index (Phi) is 7.53. The van der Waals surface area contributed by atoms with Crippen LogP contribution in [0.4, 0.5) is 8.78 Å². The molecule has 0 aliphatic carbocycles. The van der Waals surface area contributed by atoms with E-state index in [1.807, 2.05) is 0 Å². The molecule has 0 bridgehead atoms. The van der Waals surface area contributed by atoms with Crippen molar-refractivity contribution in [2.45, 2.75) is 25.0 Å². The van der Waals surface area contributed by atoms with Crippen molar-refractivity contribution in [3.8, 4) is 0 Å². The molecule has 0 aromatic heterocycles. The summed E-state index contributed by atoms with van der Waals surface area (Å²) in [6.07, 6.45) is 0. The van der Waals surface area contributed by atoms with E-state index in [0.717, 1.165) is 24.2 Å². The molecule has 1 unspecified atom stereocenters. The van der Waals surface area contributed by atoms with E-state index in [1.165, 1.54) is 24.3 Å². The van der Waals surface area contributed by atoms with Crippen molar-refractivity contribution in [1.82, 2.24) is 10.2 Å². The second-order valence-electron chi connectivity index (χ2n) is 6.62. The molecule has 0 saturated carbocycles. The minimum Gasteiger partial charge on any atom is -0.383 e. The maximum atomic E-state index is 13.4. The van der Waals surface area contributed by atoms with Gasteiger partial charge < -0.3 is 10.1 Å². The van der Waals surface area contributed by atoms with E-state index in [9.17, 15) is 8.78 Å². The number of rotatable bonds is 5. The van der Waals surface area contributed by atoms with Gasteiger partial charge in [0.25, 0.3) is 0 Å². The van der Waals surface area contributed by atoms with Crippen LogP contribution in [0.3, 0.4) is 0 Å². The maximum absolute atomic E-state index is 13.4. The molecule has 0 radical (unpaired) electrons. The van der Waals surface area contributed by atoms with Gasteiger partial charge in [0.2, 0.25) is 0 Å². The minimum atomic E-state index is -0.260. The Labute approximate surface area is 159 Å². The first kappa shape index (κ1) is 20.8. The summed E-state index contributed by atoms with van der Waals surface area (Å²) >= 11 is 0. The lowest BCUT2D eigenvalue weighted by atomic mass is 9.94. The fraction of sp³-hybridized carbons (Fsp3) is 0.400. The molecule has 1 aliphatic rings. The van der Waals surface area contributed by atoms with Gasteiger partial charge in [-0.15, -0.1) is 12.4 Å². The van der Waals surface area contributed by atoms with Gasteiger partial charge in [0.15, 0.2) is 0 Å². The van der Waals surface area contributed by atoms with Crippen molar-refractivity contribution in [2.24, 2.45) is 0 Å². The molecule has 1 aliphatic heterocycles. The third-order valence-electron chi connectivity index (χ3n) is 4.72. The fourth-order valence-electron chi connectivity index (χ4n) is 3.51. The molecule has 142 valence electrons. The molecule has 26 heavy (non-hydrogen) atoms. The molecular weight excluding hydrogens is 358 g/mol. The highest BCUT2D eigenvalue weighted by atomic mass is 35.5. The average molecular weight is 383 g/mol. The highest BCUT2D eigenvalue weighted by Crippen LogP contribution is 2.32. The average Bonchev–Trinajstić information content (AvgIpc) is 2.61. The van der Waals surface area contributed by atoms with E-state index in [-0.39, 0.29) is 36.1 Å². The van der Waals surface area contributed by atoms with E-state index in [2.05, 4.69) is 17.1 Å². The summed E-state index contributed by atoms with van der Waals surface area (Å²) in [6.45, 7) is 4.38. The Hall–Kier alpha value is -1.53. The summed E-state index contributed by atoms with van der Waals surface area (Å²) in [4.78, 5) is 2.37. The van der Waals surface area contributed by atoms with Gasteiger partial charge in [-0.2, -0.15) is 0 Å². The normalized spacial score (nSPS) is 20.8. The summed E-state index contributed by atoms with van der Waals surface area (Å²) in [5, 5.41) is 3.48. The summed E-state index contributed by atoms with van der Waals surface area (Å²) in [6, 6.07) is 13.6. The second kappa shape index (κ2) is 9.42. The van der Waals surface area contributed by atoms with Crippen molar-refractivity contribution >= 4 is 12.4 Å². The molecule has 3 nitrogen and oxygen atoms in total. The maximum Gasteiger partial charge on any atom is 0.123 e. The Morgan fingerprint density at radius 2 is 1.54 bits per heavy atom. The zero-order chi connectivity index (χ0) is 17.8. The molecule has 2 aromatic carbocycles. The van der Waals surface area contributed by atoms with Gasteiger partial charge >= 0.3 is 0 Å². The van der Waals surface area contributed by atoms with E-state index < -0.39 is 0 Å². The number of nitrogens with zero attached hydrogens (tertiary/aromatic N) is 1. The predicted molar refractivity (Wildman–Crippen MR) is 102 cm³/mol. The lowest BCUT2D eigenvalue weighted by Crippen LogP contribution is -2.58.